The highest BCUT2D eigenvalue weighted by molar-refractivity contribution is 7.99. The number of thioether (sulfide) groups is 1. The van der Waals surface area contributed by atoms with Gasteiger partial charge >= 0.3 is 5.97 Å². The second-order valence-corrected chi connectivity index (χ2v) is 4.32. The molecule has 1 N–H and O–H groups in total. The molecule has 0 saturated heterocycles. The zero-order chi connectivity index (χ0) is 12.1. The average Bonchev–Trinajstić information content (AvgIpc) is 2.19. The molecule has 1 aromatic rings. The van der Waals surface area contributed by atoms with E-state index in [1.54, 1.807) is 12.1 Å². The zero-order valence-electron chi connectivity index (χ0n) is 8.67. The molecule has 0 aliphatic carbocycles. The van der Waals surface area contributed by atoms with E-state index in [1.807, 2.05) is 6.92 Å². The van der Waals surface area contributed by atoms with Crippen LogP contribution in [0.1, 0.15) is 12.5 Å². The summed E-state index contributed by atoms with van der Waals surface area (Å²) in [7, 11) is 0. The lowest BCUT2D eigenvalue weighted by molar-refractivity contribution is -0.385. The van der Waals surface area contributed by atoms with E-state index in [0.29, 0.717) is 4.90 Å². The first-order chi connectivity index (χ1) is 7.56. The van der Waals surface area contributed by atoms with Crippen molar-refractivity contribution < 1.29 is 14.8 Å². The topological polar surface area (TPSA) is 80.4 Å². The van der Waals surface area contributed by atoms with E-state index < -0.39 is 10.9 Å². The largest absolute Gasteiger partial charge is 0.481 e. The molecule has 5 nitrogen and oxygen atoms in total. The highest BCUT2D eigenvalue weighted by Crippen LogP contribution is 2.30. The number of hydrogen-bond donors (Lipinski definition) is 1. The molecule has 0 fully saturated rings. The van der Waals surface area contributed by atoms with Gasteiger partial charge in [0.05, 0.1) is 16.9 Å². The smallest absolute Gasteiger partial charge is 0.308 e. The van der Waals surface area contributed by atoms with E-state index in [2.05, 4.69) is 0 Å². The summed E-state index contributed by atoms with van der Waals surface area (Å²) in [5, 5.41) is 19.5. The van der Waals surface area contributed by atoms with Crippen LogP contribution in [0.25, 0.3) is 0 Å². The fourth-order valence-corrected chi connectivity index (χ4v) is 2.18. The maximum atomic E-state index is 10.8. The molecule has 16 heavy (non-hydrogen) atoms. The summed E-state index contributed by atoms with van der Waals surface area (Å²) in [6, 6.07) is 4.61. The third-order valence-electron chi connectivity index (χ3n) is 1.93. The number of nitro groups is 1. The maximum Gasteiger partial charge on any atom is 0.308 e. The standard InChI is InChI=1S/C10H11NO4S/c1-2-16-9-5-3-4-8(11(14)15)7(9)6-10(12)13/h3-5H,2,6H2,1H3,(H,12,13). The van der Waals surface area contributed by atoms with Crippen molar-refractivity contribution in [2.45, 2.75) is 18.2 Å². The molecule has 0 heterocycles. The first-order valence-electron chi connectivity index (χ1n) is 4.67. The SMILES string of the molecule is CCSc1cccc([N+](=O)[O-])c1CC(=O)O. The second kappa shape index (κ2) is 5.50. The first kappa shape index (κ1) is 12.5. The van der Waals surface area contributed by atoms with E-state index in [-0.39, 0.29) is 17.7 Å². The third-order valence-corrected chi connectivity index (χ3v) is 2.92. The Morgan fingerprint density at radius 3 is 2.75 bits per heavy atom. The number of nitrogens with zero attached hydrogens (tertiary/aromatic N) is 1. The van der Waals surface area contributed by atoms with Crippen LogP contribution in [-0.2, 0) is 11.2 Å². The normalized spacial score (nSPS) is 10.1. The van der Waals surface area contributed by atoms with Crippen molar-refractivity contribution in [3.05, 3.63) is 33.9 Å². The van der Waals surface area contributed by atoms with Gasteiger partial charge in [0.2, 0.25) is 0 Å². The van der Waals surface area contributed by atoms with Gasteiger partial charge in [-0.3, -0.25) is 14.9 Å². The fourth-order valence-electron chi connectivity index (χ4n) is 1.34. The highest BCUT2D eigenvalue weighted by Gasteiger charge is 2.19. The van der Waals surface area contributed by atoms with Crippen LogP contribution in [0.4, 0.5) is 5.69 Å². The molecular weight excluding hydrogens is 230 g/mol. The molecule has 6 heteroatoms. The average molecular weight is 241 g/mol. The van der Waals surface area contributed by atoms with Gasteiger partial charge < -0.3 is 5.11 Å². The number of rotatable bonds is 5. The summed E-state index contributed by atoms with van der Waals surface area (Å²) >= 11 is 1.41. The van der Waals surface area contributed by atoms with E-state index in [0.717, 1.165) is 5.75 Å². The molecule has 0 unspecified atom stereocenters. The predicted molar refractivity (Wildman–Crippen MR) is 60.8 cm³/mol. The number of carbonyl (C=O) groups is 1. The summed E-state index contributed by atoms with van der Waals surface area (Å²) in [6.07, 6.45) is -0.320. The van der Waals surface area contributed by atoms with Gasteiger partial charge in [-0.15, -0.1) is 11.8 Å². The molecule has 0 aliphatic rings. The Morgan fingerprint density at radius 2 is 2.25 bits per heavy atom. The maximum absolute atomic E-state index is 10.8. The van der Waals surface area contributed by atoms with E-state index >= 15 is 0 Å². The van der Waals surface area contributed by atoms with Gasteiger partial charge in [0.1, 0.15) is 0 Å². The molecule has 0 saturated carbocycles. The molecule has 86 valence electrons. The molecule has 0 aromatic heterocycles. The molecule has 0 bridgehead atoms. The summed E-state index contributed by atoms with van der Waals surface area (Å²) in [5.41, 5.74) is 0.160. The number of nitro benzene ring substituents is 1. The van der Waals surface area contributed by atoms with Gasteiger partial charge in [0.15, 0.2) is 0 Å². The van der Waals surface area contributed by atoms with Crippen molar-refractivity contribution in [1.82, 2.24) is 0 Å². The summed E-state index contributed by atoms with van der Waals surface area (Å²) in [5.74, 6) is -0.319. The van der Waals surface area contributed by atoms with Crippen molar-refractivity contribution in [2.24, 2.45) is 0 Å². The van der Waals surface area contributed by atoms with E-state index in [1.165, 1.54) is 17.8 Å². The van der Waals surface area contributed by atoms with Gasteiger partial charge in [0.25, 0.3) is 5.69 Å². The van der Waals surface area contributed by atoms with Crippen LogP contribution in [-0.4, -0.2) is 21.8 Å². The second-order valence-electron chi connectivity index (χ2n) is 3.01. The van der Waals surface area contributed by atoms with Crippen LogP contribution in [0.2, 0.25) is 0 Å². The number of benzene rings is 1. The molecule has 0 radical (unpaired) electrons. The van der Waals surface area contributed by atoms with Crippen LogP contribution in [0.5, 0.6) is 0 Å². The number of carboxylic acids is 1. The van der Waals surface area contributed by atoms with Gasteiger partial charge in [-0.1, -0.05) is 13.0 Å². The molecule has 0 atom stereocenters. The Balaban J connectivity index is 3.22. The van der Waals surface area contributed by atoms with Gasteiger partial charge in [-0.2, -0.15) is 0 Å². The molecule has 1 aromatic carbocycles. The molecule has 0 spiro atoms. The summed E-state index contributed by atoms with van der Waals surface area (Å²) < 4.78 is 0. The Labute approximate surface area is 96.6 Å². The van der Waals surface area contributed by atoms with Gasteiger partial charge in [-0.25, -0.2) is 0 Å². The van der Waals surface area contributed by atoms with Crippen LogP contribution in [0, 0.1) is 10.1 Å². The van der Waals surface area contributed by atoms with Crippen molar-refractivity contribution in [2.75, 3.05) is 5.75 Å². The molecule has 1 rings (SSSR count). The molecule has 0 amide bonds. The lowest BCUT2D eigenvalue weighted by Gasteiger charge is -2.06. The van der Waals surface area contributed by atoms with Crippen molar-refractivity contribution >= 4 is 23.4 Å². The zero-order valence-corrected chi connectivity index (χ0v) is 9.49. The number of aliphatic carboxylic acids is 1. The minimum absolute atomic E-state index is 0.124. The fraction of sp³-hybridized carbons (Fsp3) is 0.300. The minimum atomic E-state index is -1.06. The number of carboxylic acid groups (broad SMARTS) is 1. The Bertz CT molecular complexity index is 419. The van der Waals surface area contributed by atoms with Crippen LogP contribution in [0.3, 0.4) is 0 Å². The third kappa shape index (κ3) is 2.96. The van der Waals surface area contributed by atoms with Crippen molar-refractivity contribution in [3.63, 3.8) is 0 Å². The Kier molecular flexibility index (Phi) is 4.30. The Hall–Kier alpha value is -1.56. The Morgan fingerprint density at radius 1 is 1.56 bits per heavy atom. The van der Waals surface area contributed by atoms with Crippen molar-refractivity contribution in [3.8, 4) is 0 Å². The van der Waals surface area contributed by atoms with Crippen molar-refractivity contribution in [1.29, 1.82) is 0 Å². The summed E-state index contributed by atoms with van der Waals surface area (Å²) in [4.78, 5) is 21.6. The van der Waals surface area contributed by atoms with Crippen LogP contribution in [0.15, 0.2) is 23.1 Å². The van der Waals surface area contributed by atoms with Gasteiger partial charge in [-0.05, 0) is 11.8 Å². The van der Waals surface area contributed by atoms with Gasteiger partial charge in [0, 0.05) is 11.0 Å². The monoisotopic (exact) mass is 241 g/mol. The lowest BCUT2D eigenvalue weighted by Crippen LogP contribution is -2.05. The summed E-state index contributed by atoms with van der Waals surface area (Å²) in [6.45, 7) is 1.91. The minimum Gasteiger partial charge on any atom is -0.481 e. The first-order valence-corrected chi connectivity index (χ1v) is 5.65. The quantitative estimate of drug-likeness (QED) is 0.486. The molecule has 0 aliphatic heterocycles. The highest BCUT2D eigenvalue weighted by atomic mass is 32.2. The predicted octanol–water partition coefficient (Wildman–Crippen LogP) is 2.33. The lowest BCUT2D eigenvalue weighted by atomic mass is 10.1. The van der Waals surface area contributed by atoms with Crippen LogP contribution >= 0.6 is 11.8 Å². The van der Waals surface area contributed by atoms with E-state index in [9.17, 15) is 14.9 Å². The van der Waals surface area contributed by atoms with E-state index in [4.69, 9.17) is 5.11 Å². The van der Waals surface area contributed by atoms with Crippen LogP contribution < -0.4 is 0 Å². The number of hydrogen-bond acceptors (Lipinski definition) is 4. The molecular formula is C10H11NO4S.